The van der Waals surface area contributed by atoms with E-state index in [2.05, 4.69) is 4.98 Å². The molecule has 5 heteroatoms. The molecule has 1 aromatic carbocycles. The van der Waals surface area contributed by atoms with Crippen LogP contribution in [-0.4, -0.2) is 17.2 Å². The fourth-order valence-corrected chi connectivity index (χ4v) is 2.29. The van der Waals surface area contributed by atoms with Gasteiger partial charge >= 0.3 is 0 Å². The van der Waals surface area contributed by atoms with Crippen LogP contribution >= 0.6 is 11.3 Å². The number of ether oxygens (including phenoxy) is 1. The second kappa shape index (κ2) is 5.25. The van der Waals surface area contributed by atoms with Crippen LogP contribution in [0.5, 0.6) is 5.75 Å². The summed E-state index contributed by atoms with van der Waals surface area (Å²) in [6, 6.07) is 4.49. The van der Waals surface area contributed by atoms with Crippen molar-refractivity contribution < 1.29 is 14.2 Å². The zero-order valence-electron chi connectivity index (χ0n) is 9.26. The third-order valence-corrected chi connectivity index (χ3v) is 3.22. The Balaban J connectivity index is 2.26. The minimum atomic E-state index is -0.947. The molecule has 1 atom stereocenters. The van der Waals surface area contributed by atoms with Gasteiger partial charge in [-0.3, -0.25) is 0 Å². The molecule has 2 aromatic rings. The number of aliphatic hydroxyl groups excluding tert-OH is 1. The molecule has 0 aliphatic heterocycles. The highest BCUT2D eigenvalue weighted by Crippen LogP contribution is 2.30. The number of thiazole rings is 1. The number of rotatable bonds is 4. The summed E-state index contributed by atoms with van der Waals surface area (Å²) in [4.78, 5) is 4.06. The molecule has 0 amide bonds. The fraction of sp³-hybridized carbons (Fsp3) is 0.250. The summed E-state index contributed by atoms with van der Waals surface area (Å²) in [6.45, 7) is 0. The van der Waals surface area contributed by atoms with E-state index >= 15 is 0 Å². The second-order valence-corrected chi connectivity index (χ2v) is 4.48. The first kappa shape index (κ1) is 12.0. The minimum Gasteiger partial charge on any atom is -0.496 e. The van der Waals surface area contributed by atoms with E-state index in [4.69, 9.17) is 4.74 Å². The van der Waals surface area contributed by atoms with Crippen LogP contribution in [0.4, 0.5) is 4.39 Å². The number of benzene rings is 1. The summed E-state index contributed by atoms with van der Waals surface area (Å²) in [5.41, 5.74) is 0.185. The number of hydrogen-bond acceptors (Lipinski definition) is 4. The van der Waals surface area contributed by atoms with Crippen molar-refractivity contribution in [3.05, 3.63) is 46.2 Å². The van der Waals surface area contributed by atoms with E-state index in [9.17, 15) is 9.50 Å². The van der Waals surface area contributed by atoms with Gasteiger partial charge < -0.3 is 9.84 Å². The molecule has 0 spiro atoms. The van der Waals surface area contributed by atoms with E-state index in [0.717, 1.165) is 5.01 Å². The summed E-state index contributed by atoms with van der Waals surface area (Å²) >= 11 is 1.43. The highest BCUT2D eigenvalue weighted by molar-refractivity contribution is 7.09. The van der Waals surface area contributed by atoms with Gasteiger partial charge in [0.25, 0.3) is 0 Å². The Kier molecular flexibility index (Phi) is 3.71. The van der Waals surface area contributed by atoms with Gasteiger partial charge in [0.15, 0.2) is 0 Å². The monoisotopic (exact) mass is 253 g/mol. The van der Waals surface area contributed by atoms with Crippen LogP contribution in [0.3, 0.4) is 0 Å². The molecule has 0 saturated heterocycles. The van der Waals surface area contributed by atoms with Crippen LogP contribution in [-0.2, 0) is 6.42 Å². The molecule has 3 nitrogen and oxygen atoms in total. The van der Waals surface area contributed by atoms with E-state index in [1.54, 1.807) is 18.3 Å². The molecular formula is C12H12FNO2S. The number of aliphatic hydroxyl groups is 1. The van der Waals surface area contributed by atoms with Crippen molar-refractivity contribution in [3.63, 3.8) is 0 Å². The average Bonchev–Trinajstić information content (AvgIpc) is 2.81. The quantitative estimate of drug-likeness (QED) is 0.910. The number of methoxy groups -OCH3 is 1. The van der Waals surface area contributed by atoms with Gasteiger partial charge in [0.05, 0.1) is 23.8 Å². The Bertz CT molecular complexity index is 487. The van der Waals surface area contributed by atoms with Gasteiger partial charge in [-0.15, -0.1) is 11.3 Å². The van der Waals surface area contributed by atoms with Crippen molar-refractivity contribution in [1.82, 2.24) is 4.98 Å². The van der Waals surface area contributed by atoms with Crippen LogP contribution in [0, 0.1) is 5.82 Å². The fourth-order valence-electron chi connectivity index (χ4n) is 1.64. The molecule has 90 valence electrons. The van der Waals surface area contributed by atoms with E-state index in [-0.39, 0.29) is 12.0 Å². The van der Waals surface area contributed by atoms with Crippen molar-refractivity contribution in [2.24, 2.45) is 0 Å². The lowest BCUT2D eigenvalue weighted by molar-refractivity contribution is 0.169. The van der Waals surface area contributed by atoms with Gasteiger partial charge in [-0.2, -0.15) is 0 Å². The van der Waals surface area contributed by atoms with E-state index in [1.807, 2.05) is 5.38 Å². The van der Waals surface area contributed by atoms with Crippen LogP contribution < -0.4 is 4.74 Å². The normalized spacial score (nSPS) is 12.4. The highest BCUT2D eigenvalue weighted by atomic mass is 32.1. The van der Waals surface area contributed by atoms with Crippen LogP contribution in [0.1, 0.15) is 16.7 Å². The molecular weight excluding hydrogens is 241 g/mol. The molecule has 0 radical (unpaired) electrons. The zero-order valence-corrected chi connectivity index (χ0v) is 10.1. The molecule has 0 fully saturated rings. The Hall–Kier alpha value is -1.46. The Labute approximate surface area is 103 Å². The molecule has 1 aromatic heterocycles. The summed E-state index contributed by atoms with van der Waals surface area (Å²) < 4.78 is 18.7. The number of nitrogens with zero attached hydrogens (tertiary/aromatic N) is 1. The molecule has 0 saturated carbocycles. The molecule has 2 rings (SSSR count). The maximum absolute atomic E-state index is 13.7. The predicted octanol–water partition coefficient (Wildman–Crippen LogP) is 2.57. The van der Waals surface area contributed by atoms with Crippen molar-refractivity contribution in [1.29, 1.82) is 0 Å². The van der Waals surface area contributed by atoms with Gasteiger partial charge in [0.2, 0.25) is 0 Å². The molecule has 0 bridgehead atoms. The highest BCUT2D eigenvalue weighted by Gasteiger charge is 2.19. The van der Waals surface area contributed by atoms with Crippen molar-refractivity contribution in [2.75, 3.05) is 7.11 Å². The lowest BCUT2D eigenvalue weighted by Crippen LogP contribution is -2.06. The summed E-state index contributed by atoms with van der Waals surface area (Å²) in [7, 11) is 1.45. The minimum absolute atomic E-state index is 0.185. The molecule has 1 N–H and O–H groups in total. The smallest absolute Gasteiger partial charge is 0.132 e. The van der Waals surface area contributed by atoms with E-state index < -0.39 is 11.9 Å². The average molecular weight is 253 g/mol. The van der Waals surface area contributed by atoms with E-state index in [1.165, 1.54) is 24.5 Å². The number of aromatic nitrogens is 1. The summed E-state index contributed by atoms with van der Waals surface area (Å²) in [5.74, 6) is -0.109. The van der Waals surface area contributed by atoms with Crippen LogP contribution in [0.25, 0.3) is 0 Å². The van der Waals surface area contributed by atoms with Crippen LogP contribution in [0.2, 0.25) is 0 Å². The predicted molar refractivity (Wildman–Crippen MR) is 63.7 cm³/mol. The summed E-state index contributed by atoms with van der Waals surface area (Å²) in [6.07, 6.45) is 0.998. The third kappa shape index (κ3) is 2.62. The molecule has 1 unspecified atom stereocenters. The van der Waals surface area contributed by atoms with Crippen molar-refractivity contribution >= 4 is 11.3 Å². The Morgan fingerprint density at radius 3 is 3.00 bits per heavy atom. The maximum atomic E-state index is 13.7. The standard InChI is InChI=1S/C12H12FNO2S/c1-16-10-4-2-3-8(13)12(10)9(15)7-11-14-5-6-17-11/h2-6,9,15H,7H2,1H3. The first-order chi connectivity index (χ1) is 8.22. The molecule has 17 heavy (non-hydrogen) atoms. The molecule has 1 heterocycles. The first-order valence-corrected chi connectivity index (χ1v) is 5.99. The molecule has 0 aliphatic rings. The van der Waals surface area contributed by atoms with Gasteiger partial charge in [-0.25, -0.2) is 9.37 Å². The molecule has 0 aliphatic carbocycles. The van der Waals surface area contributed by atoms with Crippen LogP contribution in [0.15, 0.2) is 29.8 Å². The maximum Gasteiger partial charge on any atom is 0.132 e. The van der Waals surface area contributed by atoms with Gasteiger partial charge in [-0.1, -0.05) is 6.07 Å². The number of hydrogen-bond donors (Lipinski definition) is 1. The van der Waals surface area contributed by atoms with Gasteiger partial charge in [0.1, 0.15) is 11.6 Å². The summed E-state index contributed by atoms with van der Waals surface area (Å²) in [5, 5.41) is 12.6. The SMILES string of the molecule is COc1cccc(F)c1C(O)Cc1nccs1. The Morgan fingerprint density at radius 2 is 2.35 bits per heavy atom. The van der Waals surface area contributed by atoms with Crippen molar-refractivity contribution in [3.8, 4) is 5.75 Å². The van der Waals surface area contributed by atoms with Gasteiger partial charge in [-0.05, 0) is 12.1 Å². The van der Waals surface area contributed by atoms with Gasteiger partial charge in [0, 0.05) is 18.0 Å². The van der Waals surface area contributed by atoms with Crippen molar-refractivity contribution in [2.45, 2.75) is 12.5 Å². The first-order valence-electron chi connectivity index (χ1n) is 5.11. The zero-order chi connectivity index (χ0) is 12.3. The third-order valence-electron chi connectivity index (χ3n) is 2.42. The largest absolute Gasteiger partial charge is 0.496 e. The lowest BCUT2D eigenvalue weighted by Gasteiger charge is -2.14. The topological polar surface area (TPSA) is 42.4 Å². The lowest BCUT2D eigenvalue weighted by atomic mass is 10.1. The second-order valence-electron chi connectivity index (χ2n) is 3.50. The number of halogens is 1. The van der Waals surface area contributed by atoms with E-state index in [0.29, 0.717) is 5.75 Å². The Morgan fingerprint density at radius 1 is 1.53 bits per heavy atom.